The summed E-state index contributed by atoms with van der Waals surface area (Å²) >= 11 is 11.8. The van der Waals surface area contributed by atoms with E-state index in [4.69, 9.17) is 28.6 Å². The van der Waals surface area contributed by atoms with E-state index in [9.17, 15) is 0 Å². The van der Waals surface area contributed by atoms with Crippen molar-refractivity contribution in [1.29, 1.82) is 0 Å². The lowest BCUT2D eigenvalue weighted by Crippen LogP contribution is -3.07. The molecule has 0 saturated carbocycles. The van der Waals surface area contributed by atoms with Crippen molar-refractivity contribution < 1.29 is 9.64 Å². The molecule has 26 heavy (non-hydrogen) atoms. The number of anilines is 1. The minimum atomic E-state index is 0.195. The summed E-state index contributed by atoms with van der Waals surface area (Å²) in [5, 5.41) is 7.77. The first-order valence-electron chi connectivity index (χ1n) is 8.58. The van der Waals surface area contributed by atoms with Gasteiger partial charge in [0, 0.05) is 0 Å². The lowest BCUT2D eigenvalue weighted by Gasteiger charge is -2.24. The normalized spacial score (nSPS) is 12.0. The van der Waals surface area contributed by atoms with Crippen molar-refractivity contribution in [3.05, 3.63) is 58.1 Å². The lowest BCUT2D eigenvalue weighted by atomic mass is 10.0. The standard InChI is InChI=1S/C20H26ClN3OS/c1-13-10-14(2)19(16(21)11-13)23-20(26)22-12-17(24(3)4)15-8-6-7-9-18(15)25-5/h6-11,17H,12H2,1-5H3,(H2,22,23,26)/p+1/t17-/m0/s1. The van der Waals surface area contributed by atoms with Crippen LogP contribution in [0.25, 0.3) is 0 Å². The van der Waals surface area contributed by atoms with Crippen molar-refractivity contribution in [3.63, 3.8) is 0 Å². The van der Waals surface area contributed by atoms with Gasteiger partial charge in [0.25, 0.3) is 0 Å². The molecule has 0 aromatic heterocycles. The van der Waals surface area contributed by atoms with Gasteiger partial charge in [0.2, 0.25) is 0 Å². The fourth-order valence-electron chi connectivity index (χ4n) is 3.01. The molecule has 0 saturated heterocycles. The highest BCUT2D eigenvalue weighted by Crippen LogP contribution is 2.27. The minimum absolute atomic E-state index is 0.195. The van der Waals surface area contributed by atoms with Crippen molar-refractivity contribution in [1.82, 2.24) is 5.32 Å². The topological polar surface area (TPSA) is 37.7 Å². The summed E-state index contributed by atoms with van der Waals surface area (Å²) in [6.07, 6.45) is 0. The van der Waals surface area contributed by atoms with Crippen LogP contribution in [0.15, 0.2) is 36.4 Å². The van der Waals surface area contributed by atoms with Crippen LogP contribution in [0, 0.1) is 13.8 Å². The molecular weight excluding hydrogens is 366 g/mol. The zero-order valence-corrected chi connectivity index (χ0v) is 17.5. The molecule has 0 aliphatic carbocycles. The van der Waals surface area contributed by atoms with Crippen molar-refractivity contribution >= 4 is 34.6 Å². The Balaban J connectivity index is 2.09. The molecule has 0 aliphatic heterocycles. The van der Waals surface area contributed by atoms with Gasteiger partial charge in [0.1, 0.15) is 11.8 Å². The van der Waals surface area contributed by atoms with Gasteiger partial charge in [-0.2, -0.15) is 0 Å². The lowest BCUT2D eigenvalue weighted by molar-refractivity contribution is -0.890. The molecule has 2 rings (SSSR count). The molecule has 2 aromatic carbocycles. The second-order valence-corrected chi connectivity index (χ2v) is 7.46. The average molecular weight is 393 g/mol. The molecule has 0 spiro atoms. The summed E-state index contributed by atoms with van der Waals surface area (Å²) in [5.41, 5.74) is 4.19. The monoisotopic (exact) mass is 392 g/mol. The van der Waals surface area contributed by atoms with Crippen LogP contribution in [0.1, 0.15) is 22.7 Å². The number of thiocarbonyl (C=S) groups is 1. The van der Waals surface area contributed by atoms with Gasteiger partial charge >= 0.3 is 0 Å². The molecule has 1 atom stereocenters. The van der Waals surface area contributed by atoms with Crippen molar-refractivity contribution in [2.45, 2.75) is 19.9 Å². The van der Waals surface area contributed by atoms with Gasteiger partial charge in [0.15, 0.2) is 5.11 Å². The maximum absolute atomic E-state index is 6.36. The summed E-state index contributed by atoms with van der Waals surface area (Å²) < 4.78 is 5.51. The van der Waals surface area contributed by atoms with Gasteiger partial charge in [-0.15, -0.1) is 0 Å². The number of methoxy groups -OCH3 is 1. The van der Waals surface area contributed by atoms with E-state index >= 15 is 0 Å². The molecule has 0 unspecified atom stereocenters. The number of benzene rings is 2. The van der Waals surface area contributed by atoms with Gasteiger partial charge < -0.3 is 20.3 Å². The van der Waals surface area contributed by atoms with Crippen LogP contribution in [0.4, 0.5) is 5.69 Å². The first-order valence-corrected chi connectivity index (χ1v) is 9.36. The predicted molar refractivity (Wildman–Crippen MR) is 114 cm³/mol. The van der Waals surface area contributed by atoms with Crippen LogP contribution >= 0.6 is 23.8 Å². The predicted octanol–water partition coefficient (Wildman–Crippen LogP) is 3.14. The number of nitrogens with one attached hydrogen (secondary N) is 3. The second kappa shape index (κ2) is 9.21. The summed E-state index contributed by atoms with van der Waals surface area (Å²) in [4.78, 5) is 1.29. The number of rotatable bonds is 6. The Hall–Kier alpha value is -1.82. The third-order valence-corrected chi connectivity index (χ3v) is 4.89. The van der Waals surface area contributed by atoms with E-state index in [1.54, 1.807) is 7.11 Å². The van der Waals surface area contributed by atoms with Gasteiger partial charge in [-0.05, 0) is 55.4 Å². The number of para-hydroxylation sites is 1. The van der Waals surface area contributed by atoms with Gasteiger partial charge in [-0.25, -0.2) is 0 Å². The molecule has 0 aliphatic rings. The molecule has 6 heteroatoms. The van der Waals surface area contributed by atoms with E-state index in [-0.39, 0.29) is 6.04 Å². The number of hydrogen-bond donors (Lipinski definition) is 3. The summed E-state index contributed by atoms with van der Waals surface area (Å²) in [6, 6.07) is 12.3. The van der Waals surface area contributed by atoms with Crippen molar-refractivity contribution in [2.75, 3.05) is 33.1 Å². The Morgan fingerprint density at radius 2 is 1.92 bits per heavy atom. The van der Waals surface area contributed by atoms with Crippen LogP contribution in [-0.2, 0) is 0 Å². The van der Waals surface area contributed by atoms with Crippen molar-refractivity contribution in [3.8, 4) is 5.75 Å². The fourth-order valence-corrected chi connectivity index (χ4v) is 3.56. The van der Waals surface area contributed by atoms with E-state index in [1.165, 1.54) is 4.90 Å². The largest absolute Gasteiger partial charge is 0.496 e. The molecule has 0 radical (unpaired) electrons. The number of likely N-dealkylation sites (N-methyl/N-ethyl adjacent to an activating group) is 1. The Kier molecular flexibility index (Phi) is 7.26. The Morgan fingerprint density at radius 3 is 2.54 bits per heavy atom. The number of ether oxygens (including phenoxy) is 1. The zero-order chi connectivity index (χ0) is 19.3. The van der Waals surface area contributed by atoms with E-state index in [2.05, 4.69) is 36.9 Å². The Bertz CT molecular complexity index is 756. The third kappa shape index (κ3) is 5.10. The number of hydrogen-bond acceptors (Lipinski definition) is 2. The Labute approximate surface area is 166 Å². The number of halogens is 1. The van der Waals surface area contributed by atoms with Gasteiger partial charge in [0.05, 0.1) is 44.0 Å². The van der Waals surface area contributed by atoms with Gasteiger partial charge in [-0.3, -0.25) is 0 Å². The molecule has 3 N–H and O–H groups in total. The molecule has 0 amide bonds. The molecule has 0 bridgehead atoms. The first-order chi connectivity index (χ1) is 12.3. The highest BCUT2D eigenvalue weighted by molar-refractivity contribution is 7.80. The van der Waals surface area contributed by atoms with Crippen molar-refractivity contribution in [2.24, 2.45) is 0 Å². The maximum Gasteiger partial charge on any atom is 0.171 e. The summed E-state index contributed by atoms with van der Waals surface area (Å²) in [5.74, 6) is 0.886. The smallest absolute Gasteiger partial charge is 0.171 e. The SMILES string of the molecule is COc1ccccc1[C@H](CNC(=S)Nc1c(C)cc(C)cc1Cl)[NH+](C)C. The van der Waals surface area contributed by atoms with Crippen LogP contribution in [-0.4, -0.2) is 32.9 Å². The average Bonchev–Trinajstić information content (AvgIpc) is 2.58. The summed E-state index contributed by atoms with van der Waals surface area (Å²) in [6.45, 7) is 4.72. The Morgan fingerprint density at radius 1 is 1.23 bits per heavy atom. The van der Waals surface area contributed by atoms with Crippen LogP contribution < -0.4 is 20.3 Å². The van der Waals surface area contributed by atoms with E-state index < -0.39 is 0 Å². The molecule has 4 nitrogen and oxygen atoms in total. The van der Waals surface area contributed by atoms with Gasteiger partial charge in [-0.1, -0.05) is 29.8 Å². The summed E-state index contributed by atoms with van der Waals surface area (Å²) in [7, 11) is 5.94. The molecule has 140 valence electrons. The minimum Gasteiger partial charge on any atom is -0.496 e. The zero-order valence-electron chi connectivity index (χ0n) is 15.9. The first kappa shape index (κ1) is 20.5. The van der Waals surface area contributed by atoms with Crippen LogP contribution in [0.5, 0.6) is 5.75 Å². The van der Waals surface area contributed by atoms with E-state index in [0.29, 0.717) is 16.7 Å². The highest BCUT2D eigenvalue weighted by Gasteiger charge is 2.22. The number of aryl methyl sites for hydroxylation is 2. The molecule has 2 aromatic rings. The number of quaternary nitrogens is 1. The molecule has 0 heterocycles. The van der Waals surface area contributed by atoms with Crippen LogP contribution in [0.3, 0.4) is 0 Å². The third-order valence-electron chi connectivity index (χ3n) is 4.35. The quantitative estimate of drug-likeness (QED) is 0.660. The van der Waals surface area contributed by atoms with E-state index in [1.807, 2.05) is 38.1 Å². The molecular formula is C20H27ClN3OS+. The van der Waals surface area contributed by atoms with E-state index in [0.717, 1.165) is 28.1 Å². The molecule has 0 fully saturated rings. The highest BCUT2D eigenvalue weighted by atomic mass is 35.5. The van der Waals surface area contributed by atoms with Crippen LogP contribution in [0.2, 0.25) is 5.02 Å². The maximum atomic E-state index is 6.36. The fraction of sp³-hybridized carbons (Fsp3) is 0.350. The second-order valence-electron chi connectivity index (χ2n) is 6.65.